The van der Waals surface area contributed by atoms with Crippen LogP contribution in [0.25, 0.3) is 11.0 Å². The molecule has 2 aromatic rings. The largest absolute Gasteiger partial charge is 0.598 e. The summed E-state index contributed by atoms with van der Waals surface area (Å²) < 4.78 is 21.2. The van der Waals surface area contributed by atoms with Gasteiger partial charge in [0.25, 0.3) is 0 Å². The van der Waals surface area contributed by atoms with Crippen LogP contribution in [-0.4, -0.2) is 33.9 Å². The van der Waals surface area contributed by atoms with Gasteiger partial charge in [-0.25, -0.2) is 0 Å². The highest BCUT2D eigenvalue weighted by molar-refractivity contribution is 7.90. The van der Waals surface area contributed by atoms with Crippen LogP contribution in [0.15, 0.2) is 21.3 Å². The Balaban J connectivity index is 1.87. The molecule has 6 nitrogen and oxygen atoms in total. The molecule has 0 radical (unpaired) electrons. The number of piperidine rings is 1. The van der Waals surface area contributed by atoms with Gasteiger partial charge in [-0.1, -0.05) is 13.8 Å². The van der Waals surface area contributed by atoms with Gasteiger partial charge in [-0.15, -0.1) is 4.72 Å². The van der Waals surface area contributed by atoms with Gasteiger partial charge in [-0.05, 0) is 52.0 Å². The average Bonchev–Trinajstić information content (AvgIpc) is 2.61. The second kappa shape index (κ2) is 8.28. The topological polar surface area (TPSA) is 81.4 Å². The molecule has 1 atom stereocenters. The van der Waals surface area contributed by atoms with Crippen molar-refractivity contribution in [2.24, 2.45) is 5.41 Å². The quantitative estimate of drug-likeness (QED) is 0.744. The van der Waals surface area contributed by atoms with Crippen molar-refractivity contribution in [2.75, 3.05) is 24.5 Å². The summed E-state index contributed by atoms with van der Waals surface area (Å²) in [5.41, 5.74) is 2.35. The van der Waals surface area contributed by atoms with Crippen molar-refractivity contribution in [3.63, 3.8) is 0 Å². The van der Waals surface area contributed by atoms with E-state index in [0.717, 1.165) is 37.3 Å². The molecular formula is C22H33N3O3S. The molecule has 1 aliphatic rings. The van der Waals surface area contributed by atoms with Gasteiger partial charge < -0.3 is 13.9 Å². The van der Waals surface area contributed by atoms with E-state index in [-0.39, 0.29) is 10.2 Å². The Bertz CT molecular complexity index is 923. The molecule has 160 valence electrons. The first-order valence-corrected chi connectivity index (χ1v) is 11.5. The van der Waals surface area contributed by atoms with Gasteiger partial charge in [-0.3, -0.25) is 9.78 Å². The lowest BCUT2D eigenvalue weighted by Crippen LogP contribution is -2.40. The van der Waals surface area contributed by atoms with Crippen LogP contribution in [0.2, 0.25) is 0 Å². The SMILES string of the molecule is Cc1cc2c(=O)cc(N3CCC(C)(C)CC3)oc2c(CCN[S@+]([O-])C(C)(C)C)n1. The molecule has 1 N–H and O–H groups in total. The molecule has 0 aromatic carbocycles. The van der Waals surface area contributed by atoms with E-state index in [2.05, 4.69) is 28.5 Å². The first kappa shape index (κ1) is 22.1. The number of fused-ring (bicyclic) bond motifs is 1. The summed E-state index contributed by atoms with van der Waals surface area (Å²) in [5.74, 6) is 0.621. The van der Waals surface area contributed by atoms with Gasteiger partial charge in [0.05, 0.1) is 11.1 Å². The summed E-state index contributed by atoms with van der Waals surface area (Å²) >= 11 is -1.15. The van der Waals surface area contributed by atoms with E-state index in [0.29, 0.717) is 35.2 Å². The number of hydrogen-bond acceptors (Lipinski definition) is 6. The fraction of sp³-hybridized carbons (Fsp3) is 0.636. The Morgan fingerprint density at radius 3 is 2.55 bits per heavy atom. The normalized spacial score (nSPS) is 18.2. The van der Waals surface area contributed by atoms with Gasteiger partial charge in [0, 0.05) is 49.2 Å². The maximum Gasteiger partial charge on any atom is 0.200 e. The van der Waals surface area contributed by atoms with Crippen LogP contribution in [-0.2, 0) is 17.8 Å². The Morgan fingerprint density at radius 1 is 1.28 bits per heavy atom. The summed E-state index contributed by atoms with van der Waals surface area (Å²) in [6, 6.07) is 3.39. The number of pyridine rings is 1. The van der Waals surface area contributed by atoms with E-state index in [4.69, 9.17) is 4.42 Å². The maximum atomic E-state index is 12.8. The van der Waals surface area contributed by atoms with Gasteiger partial charge in [-0.2, -0.15) is 0 Å². The molecule has 3 rings (SSSR count). The Hall–Kier alpha value is -1.57. The van der Waals surface area contributed by atoms with Crippen LogP contribution < -0.4 is 15.1 Å². The molecular weight excluding hydrogens is 386 g/mol. The number of nitrogens with one attached hydrogen (secondary N) is 1. The van der Waals surface area contributed by atoms with Gasteiger partial charge >= 0.3 is 0 Å². The average molecular weight is 420 g/mol. The monoisotopic (exact) mass is 419 g/mol. The highest BCUT2D eigenvalue weighted by Gasteiger charge is 2.28. The first-order chi connectivity index (χ1) is 13.5. The third-order valence-corrected chi connectivity index (χ3v) is 7.06. The van der Waals surface area contributed by atoms with E-state index in [1.54, 1.807) is 12.1 Å². The minimum atomic E-state index is -1.15. The van der Waals surface area contributed by atoms with Gasteiger partial charge in [0.2, 0.25) is 0 Å². The number of nitrogens with zero attached hydrogens (tertiary/aromatic N) is 2. The highest BCUT2D eigenvalue weighted by atomic mass is 32.2. The summed E-state index contributed by atoms with van der Waals surface area (Å²) in [5, 5.41) is 0.561. The smallest absolute Gasteiger partial charge is 0.200 e. The molecule has 0 spiro atoms. The minimum absolute atomic E-state index is 0.0379. The molecule has 2 aromatic heterocycles. The zero-order valence-corrected chi connectivity index (χ0v) is 19.2. The molecule has 0 unspecified atom stereocenters. The van der Waals surface area contributed by atoms with Crippen LogP contribution in [0.5, 0.6) is 0 Å². The molecule has 7 heteroatoms. The lowest BCUT2D eigenvalue weighted by molar-refractivity contribution is 0.274. The second-order valence-corrected chi connectivity index (χ2v) is 11.8. The number of anilines is 1. The van der Waals surface area contributed by atoms with Crippen molar-refractivity contribution in [3.8, 4) is 0 Å². The van der Waals surface area contributed by atoms with Crippen molar-refractivity contribution in [2.45, 2.75) is 65.6 Å². The molecule has 0 aliphatic carbocycles. The molecule has 0 bridgehead atoms. The van der Waals surface area contributed by atoms with Crippen molar-refractivity contribution >= 4 is 28.2 Å². The summed E-state index contributed by atoms with van der Waals surface area (Å²) in [6.07, 6.45) is 2.67. The van der Waals surface area contributed by atoms with Crippen LogP contribution in [0.4, 0.5) is 5.88 Å². The van der Waals surface area contributed by atoms with Crippen molar-refractivity contribution in [1.29, 1.82) is 0 Å². The van der Waals surface area contributed by atoms with E-state index >= 15 is 0 Å². The van der Waals surface area contributed by atoms with Crippen LogP contribution in [0.1, 0.15) is 58.8 Å². The third-order valence-electron chi connectivity index (χ3n) is 5.48. The van der Waals surface area contributed by atoms with Crippen LogP contribution in [0, 0.1) is 12.3 Å². The Morgan fingerprint density at radius 2 is 1.93 bits per heavy atom. The number of aryl methyl sites for hydroxylation is 1. The van der Waals surface area contributed by atoms with Crippen LogP contribution >= 0.6 is 0 Å². The van der Waals surface area contributed by atoms with E-state index in [1.807, 2.05) is 27.7 Å². The molecule has 0 saturated carbocycles. The van der Waals surface area contributed by atoms with E-state index < -0.39 is 11.4 Å². The number of hydrogen-bond donors (Lipinski definition) is 1. The third kappa shape index (κ3) is 5.32. The Kier molecular flexibility index (Phi) is 6.32. The summed E-state index contributed by atoms with van der Waals surface area (Å²) in [4.78, 5) is 19.6. The van der Waals surface area contributed by atoms with Crippen molar-refractivity contribution < 1.29 is 8.97 Å². The predicted octanol–water partition coefficient (Wildman–Crippen LogP) is 3.72. The van der Waals surface area contributed by atoms with E-state index in [1.165, 1.54) is 0 Å². The first-order valence-electron chi connectivity index (χ1n) is 10.3. The fourth-order valence-electron chi connectivity index (χ4n) is 3.48. The molecule has 1 saturated heterocycles. The van der Waals surface area contributed by atoms with Crippen LogP contribution in [0.3, 0.4) is 0 Å². The maximum absolute atomic E-state index is 12.8. The lowest BCUT2D eigenvalue weighted by Gasteiger charge is -2.37. The number of aromatic nitrogens is 1. The molecule has 29 heavy (non-hydrogen) atoms. The minimum Gasteiger partial charge on any atom is -0.598 e. The Labute approximate surface area is 176 Å². The summed E-state index contributed by atoms with van der Waals surface area (Å²) in [6.45, 7) is 14.5. The van der Waals surface area contributed by atoms with Crippen molar-refractivity contribution in [1.82, 2.24) is 9.71 Å². The second-order valence-electron chi connectivity index (χ2n) is 9.71. The van der Waals surface area contributed by atoms with Gasteiger partial charge in [0.15, 0.2) is 16.9 Å². The van der Waals surface area contributed by atoms with E-state index in [9.17, 15) is 9.35 Å². The molecule has 3 heterocycles. The summed E-state index contributed by atoms with van der Waals surface area (Å²) in [7, 11) is 0. The van der Waals surface area contributed by atoms with Crippen molar-refractivity contribution in [3.05, 3.63) is 33.7 Å². The van der Waals surface area contributed by atoms with Gasteiger partial charge in [0.1, 0.15) is 4.75 Å². The molecule has 1 aliphatic heterocycles. The fourth-order valence-corrected chi connectivity index (χ4v) is 4.20. The highest BCUT2D eigenvalue weighted by Crippen LogP contribution is 2.33. The standard InChI is InChI=1S/C22H33N3O3S/c1-15-13-16-18(26)14-19(25-11-8-22(5,6)9-12-25)28-20(16)17(24-15)7-10-23-29(27)21(2,3)4/h13-14,23H,7-12H2,1-6H3/t29-/m1/s1. The zero-order valence-electron chi connectivity index (χ0n) is 18.4. The predicted molar refractivity (Wildman–Crippen MR) is 120 cm³/mol. The zero-order chi connectivity index (χ0) is 21.4. The molecule has 1 fully saturated rings. The molecule has 0 amide bonds. The lowest BCUT2D eigenvalue weighted by atomic mass is 9.83. The number of rotatable bonds is 5.